The van der Waals surface area contributed by atoms with Crippen LogP contribution < -0.4 is 14.2 Å². The summed E-state index contributed by atoms with van der Waals surface area (Å²) < 4.78 is 27.7. The Kier molecular flexibility index (Phi) is 4.48. The number of furan rings is 1. The predicted molar refractivity (Wildman–Crippen MR) is 111 cm³/mol. The molecule has 0 amide bonds. The largest absolute Gasteiger partial charge is 0.497 e. The Hall–Kier alpha value is -4.00. The van der Waals surface area contributed by atoms with Crippen LogP contribution in [0.4, 0.5) is 0 Å². The summed E-state index contributed by atoms with van der Waals surface area (Å²) in [5.74, 6) is 2.75. The molecule has 0 bridgehead atoms. The van der Waals surface area contributed by atoms with Gasteiger partial charge in [0.2, 0.25) is 5.82 Å². The quantitative estimate of drug-likeness (QED) is 0.385. The van der Waals surface area contributed by atoms with Crippen LogP contribution in [0.25, 0.3) is 33.3 Å². The van der Waals surface area contributed by atoms with E-state index in [4.69, 9.17) is 23.2 Å². The minimum Gasteiger partial charge on any atom is -0.497 e. The molecule has 5 rings (SSSR count). The lowest BCUT2D eigenvalue weighted by Crippen LogP contribution is -1.96. The van der Waals surface area contributed by atoms with Crippen molar-refractivity contribution in [3.8, 4) is 28.6 Å². The molecule has 3 aromatic carbocycles. The normalized spacial score (nSPS) is 11.1. The van der Waals surface area contributed by atoms with Crippen molar-refractivity contribution in [2.24, 2.45) is 0 Å². The number of fused-ring (bicyclic) bond motifs is 3. The fourth-order valence-electron chi connectivity index (χ4n) is 3.35. The lowest BCUT2D eigenvalue weighted by molar-refractivity contribution is 0.243. The fraction of sp³-hybridized carbons (Fsp3) is 0.130. The third kappa shape index (κ3) is 3.20. The fourth-order valence-corrected chi connectivity index (χ4v) is 3.35. The second kappa shape index (κ2) is 7.44. The highest BCUT2D eigenvalue weighted by atomic mass is 16.5. The molecule has 2 heterocycles. The van der Waals surface area contributed by atoms with E-state index in [1.165, 1.54) is 0 Å². The molecule has 0 fully saturated rings. The van der Waals surface area contributed by atoms with Gasteiger partial charge in [-0.25, -0.2) is 0 Å². The monoisotopic (exact) mass is 402 g/mol. The number of benzene rings is 3. The summed E-state index contributed by atoms with van der Waals surface area (Å²) in [5, 5.41) is 6.09. The highest BCUT2D eigenvalue weighted by molar-refractivity contribution is 6.05. The van der Waals surface area contributed by atoms with Gasteiger partial charge in [-0.2, -0.15) is 4.98 Å². The third-order valence-corrected chi connectivity index (χ3v) is 4.83. The smallest absolute Gasteiger partial charge is 0.264 e. The average Bonchev–Trinajstić information content (AvgIpc) is 3.41. The van der Waals surface area contributed by atoms with Gasteiger partial charge in [-0.05, 0) is 36.4 Å². The minimum absolute atomic E-state index is 0.146. The zero-order chi connectivity index (χ0) is 20.5. The number of hydrogen-bond donors (Lipinski definition) is 0. The number of rotatable bonds is 6. The van der Waals surface area contributed by atoms with Crippen LogP contribution in [-0.2, 0) is 6.61 Å². The number of hydrogen-bond acceptors (Lipinski definition) is 7. The number of nitrogens with zero attached hydrogens (tertiary/aromatic N) is 2. The highest BCUT2D eigenvalue weighted by Crippen LogP contribution is 2.33. The van der Waals surface area contributed by atoms with E-state index in [1.54, 1.807) is 20.3 Å². The molecule has 0 radical (unpaired) electrons. The van der Waals surface area contributed by atoms with Gasteiger partial charge in [0.25, 0.3) is 5.89 Å². The minimum atomic E-state index is 0.146. The first-order valence-electron chi connectivity index (χ1n) is 9.34. The van der Waals surface area contributed by atoms with Crippen molar-refractivity contribution in [3.05, 3.63) is 66.6 Å². The van der Waals surface area contributed by atoms with Crippen LogP contribution in [0.5, 0.6) is 17.2 Å². The first-order chi connectivity index (χ1) is 14.7. The highest BCUT2D eigenvalue weighted by Gasteiger charge is 2.15. The van der Waals surface area contributed by atoms with E-state index in [0.717, 1.165) is 21.9 Å². The zero-order valence-electron chi connectivity index (χ0n) is 16.4. The standard InChI is InChI=1S/C23H18N2O5/c1-26-14-7-9-17(21(12-14)27-2)23-24-22(30-25-23)13-28-15-8-10-20-18(11-15)16-5-3-4-6-19(16)29-20/h3-12H,13H2,1-2H3. The summed E-state index contributed by atoms with van der Waals surface area (Å²) in [6.07, 6.45) is 0. The molecule has 7 heteroatoms. The predicted octanol–water partition coefficient (Wildman–Crippen LogP) is 5.23. The van der Waals surface area contributed by atoms with Gasteiger partial charge in [-0.15, -0.1) is 0 Å². The summed E-state index contributed by atoms with van der Waals surface area (Å²) in [6.45, 7) is 0.146. The Bertz CT molecular complexity index is 1340. The van der Waals surface area contributed by atoms with Gasteiger partial charge >= 0.3 is 0 Å². The topological polar surface area (TPSA) is 79.8 Å². The second-order valence-corrected chi connectivity index (χ2v) is 6.62. The van der Waals surface area contributed by atoms with E-state index < -0.39 is 0 Å². The van der Waals surface area contributed by atoms with Crippen molar-refractivity contribution in [1.82, 2.24) is 10.1 Å². The van der Waals surface area contributed by atoms with Crippen LogP contribution in [0.2, 0.25) is 0 Å². The average molecular weight is 402 g/mol. The summed E-state index contributed by atoms with van der Waals surface area (Å²) in [7, 11) is 3.18. The second-order valence-electron chi connectivity index (χ2n) is 6.62. The molecule has 30 heavy (non-hydrogen) atoms. The molecule has 0 aliphatic carbocycles. The number of aromatic nitrogens is 2. The van der Waals surface area contributed by atoms with E-state index in [2.05, 4.69) is 10.1 Å². The van der Waals surface area contributed by atoms with Crippen molar-refractivity contribution in [1.29, 1.82) is 0 Å². The molecule has 0 aliphatic rings. The zero-order valence-corrected chi connectivity index (χ0v) is 16.4. The molecule has 150 valence electrons. The van der Waals surface area contributed by atoms with Crippen LogP contribution in [0, 0.1) is 0 Å². The SMILES string of the molecule is COc1ccc(-c2noc(COc3ccc4oc5ccccc5c4c3)n2)c(OC)c1. The molecule has 2 aromatic heterocycles. The van der Waals surface area contributed by atoms with Gasteiger partial charge in [0.15, 0.2) is 6.61 Å². The van der Waals surface area contributed by atoms with Crippen LogP contribution in [0.15, 0.2) is 69.6 Å². The lowest BCUT2D eigenvalue weighted by atomic mass is 10.1. The maximum atomic E-state index is 5.87. The molecule has 0 unspecified atom stereocenters. The molecule has 5 aromatic rings. The maximum absolute atomic E-state index is 5.87. The molecule has 0 aliphatic heterocycles. The van der Waals surface area contributed by atoms with Crippen molar-refractivity contribution in [2.45, 2.75) is 6.61 Å². The molecule has 0 saturated carbocycles. The van der Waals surface area contributed by atoms with E-state index in [9.17, 15) is 0 Å². The third-order valence-electron chi connectivity index (χ3n) is 4.83. The first-order valence-corrected chi connectivity index (χ1v) is 9.34. The Labute approximate surface area is 171 Å². The first kappa shape index (κ1) is 18.1. The van der Waals surface area contributed by atoms with E-state index in [-0.39, 0.29) is 6.61 Å². The molecule has 7 nitrogen and oxygen atoms in total. The van der Waals surface area contributed by atoms with Crippen molar-refractivity contribution in [2.75, 3.05) is 14.2 Å². The number of methoxy groups -OCH3 is 2. The summed E-state index contributed by atoms with van der Waals surface area (Å²) >= 11 is 0. The van der Waals surface area contributed by atoms with E-state index in [1.807, 2.05) is 54.6 Å². The van der Waals surface area contributed by atoms with E-state index >= 15 is 0 Å². The molecule has 0 saturated heterocycles. The van der Waals surface area contributed by atoms with E-state index in [0.29, 0.717) is 34.5 Å². The van der Waals surface area contributed by atoms with Crippen LogP contribution in [-0.4, -0.2) is 24.4 Å². The van der Waals surface area contributed by atoms with Gasteiger partial charge in [-0.3, -0.25) is 0 Å². The van der Waals surface area contributed by atoms with Gasteiger partial charge < -0.3 is 23.2 Å². The maximum Gasteiger partial charge on any atom is 0.264 e. The molecule has 0 N–H and O–H groups in total. The Morgan fingerprint density at radius 3 is 2.53 bits per heavy atom. The Morgan fingerprint density at radius 2 is 1.67 bits per heavy atom. The van der Waals surface area contributed by atoms with Crippen LogP contribution in [0.3, 0.4) is 0 Å². The summed E-state index contributed by atoms with van der Waals surface area (Å²) in [4.78, 5) is 4.42. The van der Waals surface area contributed by atoms with Gasteiger partial charge in [-0.1, -0.05) is 23.4 Å². The summed E-state index contributed by atoms with van der Waals surface area (Å²) in [5.41, 5.74) is 2.37. The Morgan fingerprint density at radius 1 is 0.833 bits per heavy atom. The molecule has 0 atom stereocenters. The summed E-state index contributed by atoms with van der Waals surface area (Å²) in [6, 6.07) is 19.0. The lowest BCUT2D eigenvalue weighted by Gasteiger charge is -2.07. The van der Waals surface area contributed by atoms with Gasteiger partial charge in [0.05, 0.1) is 19.8 Å². The molecular weight excluding hydrogens is 384 g/mol. The molecular formula is C23H18N2O5. The van der Waals surface area contributed by atoms with Crippen LogP contribution >= 0.6 is 0 Å². The molecule has 0 spiro atoms. The van der Waals surface area contributed by atoms with Crippen molar-refractivity contribution < 1.29 is 23.2 Å². The van der Waals surface area contributed by atoms with Crippen LogP contribution in [0.1, 0.15) is 5.89 Å². The van der Waals surface area contributed by atoms with Gasteiger partial charge in [0.1, 0.15) is 28.4 Å². The van der Waals surface area contributed by atoms with Crippen molar-refractivity contribution >= 4 is 21.9 Å². The van der Waals surface area contributed by atoms with Crippen molar-refractivity contribution in [3.63, 3.8) is 0 Å². The number of ether oxygens (including phenoxy) is 3. The Balaban J connectivity index is 1.37. The number of para-hydroxylation sites is 1. The van der Waals surface area contributed by atoms with Gasteiger partial charge in [0, 0.05) is 16.8 Å².